The van der Waals surface area contributed by atoms with Gasteiger partial charge in [-0.3, -0.25) is 9.59 Å². The van der Waals surface area contributed by atoms with Crippen LogP contribution in [0.2, 0.25) is 5.02 Å². The van der Waals surface area contributed by atoms with Gasteiger partial charge in [0.2, 0.25) is 5.91 Å². The van der Waals surface area contributed by atoms with Crippen LogP contribution < -0.4 is 9.80 Å². The predicted octanol–water partition coefficient (Wildman–Crippen LogP) is 4.85. The molecule has 0 fully saturated rings. The topological polar surface area (TPSA) is 60.9 Å². The maximum atomic E-state index is 13.8. The summed E-state index contributed by atoms with van der Waals surface area (Å²) >= 11 is 6.18. The average molecular weight is 487 g/mol. The minimum absolute atomic E-state index is 0.0550. The van der Waals surface area contributed by atoms with Crippen molar-refractivity contribution in [1.82, 2.24) is 0 Å². The van der Waals surface area contributed by atoms with E-state index in [2.05, 4.69) is 0 Å². The Morgan fingerprint density at radius 2 is 1.71 bits per heavy atom. The van der Waals surface area contributed by atoms with Gasteiger partial charge in [0.25, 0.3) is 5.91 Å². The van der Waals surface area contributed by atoms with E-state index in [0.717, 1.165) is 17.7 Å². The third-order valence-electron chi connectivity index (χ3n) is 6.44. The zero-order valence-corrected chi connectivity index (χ0v) is 18.6. The Morgan fingerprint density at radius 3 is 2.38 bits per heavy atom. The third kappa shape index (κ3) is 3.20. The van der Waals surface area contributed by atoms with Gasteiger partial charge < -0.3 is 14.9 Å². The lowest BCUT2D eigenvalue weighted by Gasteiger charge is -2.29. The first-order valence-electron chi connectivity index (χ1n) is 10.4. The van der Waals surface area contributed by atoms with E-state index in [1.54, 1.807) is 24.3 Å². The normalized spacial score (nSPS) is 21.8. The highest BCUT2D eigenvalue weighted by atomic mass is 35.5. The fourth-order valence-electron chi connectivity index (χ4n) is 4.80. The second-order valence-corrected chi connectivity index (χ2v) is 8.84. The van der Waals surface area contributed by atoms with Crippen molar-refractivity contribution in [1.29, 1.82) is 0 Å². The smallest absolute Gasteiger partial charge is 0.374 e. The number of amides is 2. The van der Waals surface area contributed by atoms with Crippen molar-refractivity contribution in [2.75, 3.05) is 16.8 Å². The molecule has 0 saturated carbocycles. The second kappa shape index (κ2) is 7.58. The van der Waals surface area contributed by atoms with Gasteiger partial charge in [-0.1, -0.05) is 48.0 Å². The molecule has 0 aromatic heterocycles. The first-order chi connectivity index (χ1) is 16.0. The van der Waals surface area contributed by atoms with E-state index in [4.69, 9.17) is 11.6 Å². The van der Waals surface area contributed by atoms with Gasteiger partial charge in [-0.2, -0.15) is 13.2 Å². The molecule has 2 aliphatic rings. The lowest BCUT2D eigenvalue weighted by atomic mass is 9.78. The number of nitrogens with zero attached hydrogens (tertiary/aromatic N) is 2. The maximum Gasteiger partial charge on any atom is 0.416 e. The minimum atomic E-state index is -4.66. The zero-order chi connectivity index (χ0) is 24.4. The molecule has 0 saturated heterocycles. The predicted molar refractivity (Wildman–Crippen MR) is 121 cm³/mol. The molecule has 1 N–H and O–H groups in total. The molecular formula is C25H18ClF3N2O3. The summed E-state index contributed by atoms with van der Waals surface area (Å²) in [4.78, 5) is 29.5. The van der Waals surface area contributed by atoms with Gasteiger partial charge >= 0.3 is 6.18 Å². The van der Waals surface area contributed by atoms with Gasteiger partial charge in [-0.15, -0.1) is 0 Å². The van der Waals surface area contributed by atoms with Crippen LogP contribution >= 0.6 is 11.6 Å². The lowest BCUT2D eigenvalue weighted by molar-refractivity contribution is -0.144. The van der Waals surface area contributed by atoms with Crippen LogP contribution in [0.3, 0.4) is 0 Å². The van der Waals surface area contributed by atoms with Crippen LogP contribution in [0.15, 0.2) is 66.7 Å². The first kappa shape index (κ1) is 22.4. The Balaban J connectivity index is 1.69. The summed E-state index contributed by atoms with van der Waals surface area (Å²) in [6.07, 6.45) is -4.66. The summed E-state index contributed by atoms with van der Waals surface area (Å²) < 4.78 is 40.4. The van der Waals surface area contributed by atoms with E-state index >= 15 is 0 Å². The molecule has 2 aliphatic heterocycles. The summed E-state index contributed by atoms with van der Waals surface area (Å²) in [6.45, 7) is 0.0848. The second-order valence-electron chi connectivity index (χ2n) is 8.41. The molecule has 3 aromatic carbocycles. The van der Waals surface area contributed by atoms with Gasteiger partial charge in [0, 0.05) is 23.3 Å². The van der Waals surface area contributed by atoms with E-state index in [1.165, 1.54) is 41.1 Å². The summed E-state index contributed by atoms with van der Waals surface area (Å²) in [7, 11) is 1.40. The molecule has 2 heterocycles. The van der Waals surface area contributed by atoms with E-state index in [-0.39, 0.29) is 23.4 Å². The number of benzene rings is 3. The Morgan fingerprint density at radius 1 is 1.00 bits per heavy atom. The van der Waals surface area contributed by atoms with E-state index in [9.17, 15) is 27.9 Å². The Labute approximate surface area is 198 Å². The standard InChI is InChI=1S/C25H18ClF3N2O3/c1-30-19-10-7-15(25(27,28)29)11-17(19)21(22(30)32)24(34)18-9-8-16(26)12-20(18)31(23(24)33)13-14-5-3-2-4-6-14/h2-12,21,34H,13H2,1H3/t21-,24+/m0/s1. The van der Waals surface area contributed by atoms with Crippen molar-refractivity contribution in [2.45, 2.75) is 24.2 Å². The largest absolute Gasteiger partial charge is 0.416 e. The van der Waals surface area contributed by atoms with Gasteiger partial charge in [0.05, 0.1) is 17.8 Å². The number of carbonyl (C=O) groups is 2. The third-order valence-corrected chi connectivity index (χ3v) is 6.67. The van der Waals surface area contributed by atoms with Crippen LogP contribution in [0.1, 0.15) is 28.2 Å². The molecular weight excluding hydrogens is 469 g/mol. The number of rotatable bonds is 3. The summed E-state index contributed by atoms with van der Waals surface area (Å²) in [5.41, 5.74) is -2.03. The molecule has 3 aromatic rings. The zero-order valence-electron chi connectivity index (χ0n) is 17.8. The molecule has 9 heteroatoms. The number of hydrogen-bond donors (Lipinski definition) is 1. The van der Waals surface area contributed by atoms with Crippen LogP contribution in [0.4, 0.5) is 24.5 Å². The highest BCUT2D eigenvalue weighted by Gasteiger charge is 2.60. The van der Waals surface area contributed by atoms with Gasteiger partial charge in [-0.25, -0.2) is 0 Å². The quantitative estimate of drug-likeness (QED) is 0.575. The SMILES string of the molecule is CN1C(=O)[C@@H]([C@@]2(O)C(=O)N(Cc3ccccc3)c3cc(Cl)ccc32)c2cc(C(F)(F)F)ccc21. The van der Waals surface area contributed by atoms with Crippen LogP contribution in [-0.4, -0.2) is 24.0 Å². The molecule has 2 atom stereocenters. The fourth-order valence-corrected chi connectivity index (χ4v) is 4.97. The molecule has 0 unspecified atom stereocenters. The molecule has 2 amide bonds. The average Bonchev–Trinajstić information content (AvgIpc) is 3.17. The number of hydrogen-bond acceptors (Lipinski definition) is 3. The lowest BCUT2D eigenvalue weighted by Crippen LogP contribution is -2.47. The number of alkyl halides is 3. The highest BCUT2D eigenvalue weighted by molar-refractivity contribution is 6.31. The number of aliphatic hydroxyl groups is 1. The van der Waals surface area contributed by atoms with E-state index < -0.39 is 35.1 Å². The maximum absolute atomic E-state index is 13.8. The van der Waals surface area contributed by atoms with Crippen molar-refractivity contribution in [3.8, 4) is 0 Å². The summed E-state index contributed by atoms with van der Waals surface area (Å²) in [6, 6.07) is 16.3. The van der Waals surface area contributed by atoms with E-state index in [1.807, 2.05) is 6.07 Å². The van der Waals surface area contributed by atoms with Crippen LogP contribution in [-0.2, 0) is 27.9 Å². The van der Waals surface area contributed by atoms with Crippen molar-refractivity contribution < 1.29 is 27.9 Å². The monoisotopic (exact) mass is 486 g/mol. The molecule has 34 heavy (non-hydrogen) atoms. The highest BCUT2D eigenvalue weighted by Crippen LogP contribution is 2.54. The number of anilines is 2. The van der Waals surface area contributed by atoms with Crippen molar-refractivity contribution in [3.63, 3.8) is 0 Å². The molecule has 5 nitrogen and oxygen atoms in total. The van der Waals surface area contributed by atoms with Gasteiger partial charge in [0.1, 0.15) is 5.92 Å². The summed E-state index contributed by atoms with van der Waals surface area (Å²) in [5.74, 6) is -3.03. The van der Waals surface area contributed by atoms with Crippen molar-refractivity contribution in [2.24, 2.45) is 0 Å². The van der Waals surface area contributed by atoms with Crippen LogP contribution in [0.5, 0.6) is 0 Å². The van der Waals surface area contributed by atoms with Crippen molar-refractivity contribution in [3.05, 3.63) is 94.0 Å². The number of carbonyl (C=O) groups excluding carboxylic acids is 2. The Bertz CT molecular complexity index is 1330. The molecule has 0 bridgehead atoms. The number of halogens is 4. The Hall–Kier alpha value is -3.36. The fraction of sp³-hybridized carbons (Fsp3) is 0.200. The molecule has 0 radical (unpaired) electrons. The minimum Gasteiger partial charge on any atom is -0.374 e. The molecule has 5 rings (SSSR count). The van der Waals surface area contributed by atoms with E-state index in [0.29, 0.717) is 10.7 Å². The number of fused-ring (bicyclic) bond motifs is 2. The Kier molecular flexibility index (Phi) is 5.00. The molecule has 0 spiro atoms. The van der Waals surface area contributed by atoms with Crippen LogP contribution in [0, 0.1) is 0 Å². The summed E-state index contributed by atoms with van der Waals surface area (Å²) in [5, 5.41) is 12.2. The van der Waals surface area contributed by atoms with Gasteiger partial charge in [-0.05, 0) is 41.5 Å². The van der Waals surface area contributed by atoms with Gasteiger partial charge in [0.15, 0.2) is 5.60 Å². The molecule has 174 valence electrons. The van der Waals surface area contributed by atoms with Crippen LogP contribution in [0.25, 0.3) is 0 Å². The first-order valence-corrected chi connectivity index (χ1v) is 10.8. The molecule has 0 aliphatic carbocycles. The number of likely N-dealkylation sites (N-methyl/N-ethyl adjacent to an activating group) is 1. The van der Waals surface area contributed by atoms with Crippen molar-refractivity contribution >= 4 is 34.8 Å².